The number of sulfonamides is 1. The lowest BCUT2D eigenvalue weighted by Gasteiger charge is -2.32. The van der Waals surface area contributed by atoms with E-state index in [-0.39, 0.29) is 50.6 Å². The number of fused-ring (bicyclic) bond motifs is 1. The Kier molecular flexibility index (Phi) is 9.88. The fraction of sp³-hybridized carbons (Fsp3) is 0.355. The fourth-order valence-corrected chi connectivity index (χ4v) is 5.72. The minimum absolute atomic E-state index is 0.0592. The van der Waals surface area contributed by atoms with Gasteiger partial charge in [0.25, 0.3) is 0 Å². The van der Waals surface area contributed by atoms with E-state index in [4.69, 9.17) is 9.47 Å². The summed E-state index contributed by atoms with van der Waals surface area (Å²) in [4.78, 5) is 28.9. The zero-order valence-electron chi connectivity index (χ0n) is 23.7. The first-order valence-corrected chi connectivity index (χ1v) is 15.5. The summed E-state index contributed by atoms with van der Waals surface area (Å²) in [5, 5.41) is 2.98. The molecule has 1 heterocycles. The number of carbonyl (C=O) groups excluding carboxylic acids is 2. The zero-order valence-corrected chi connectivity index (χ0v) is 24.5. The van der Waals surface area contributed by atoms with Crippen LogP contribution in [0.1, 0.15) is 37.8 Å². The van der Waals surface area contributed by atoms with Crippen molar-refractivity contribution in [3.8, 4) is 11.5 Å². The smallest absolute Gasteiger partial charge is 0.243 e. The maximum Gasteiger partial charge on any atom is 0.243 e. The van der Waals surface area contributed by atoms with Crippen molar-refractivity contribution >= 4 is 27.5 Å². The molecule has 0 radical (unpaired) electrons. The van der Waals surface area contributed by atoms with E-state index >= 15 is 0 Å². The lowest BCUT2D eigenvalue weighted by molar-refractivity contribution is -0.141. The Labute approximate surface area is 242 Å². The van der Waals surface area contributed by atoms with E-state index in [1.54, 1.807) is 23.1 Å². The largest absolute Gasteiger partial charge is 0.454 e. The van der Waals surface area contributed by atoms with Crippen LogP contribution in [0.2, 0.25) is 0 Å². The SMILES string of the molecule is CC(C)NC(=O)[C@H](Cc1ccccc1)N(Cc1ccccc1)C(=O)CCCN(c1ccc2c(c1)OCO2)S(C)(=O)=O. The number of hydrogen-bond donors (Lipinski definition) is 1. The number of benzene rings is 3. The molecule has 1 aliphatic heterocycles. The minimum atomic E-state index is -3.64. The Hall–Kier alpha value is -4.05. The number of carbonyl (C=O) groups is 2. The Morgan fingerprint density at radius 3 is 2.17 bits per heavy atom. The summed E-state index contributed by atoms with van der Waals surface area (Å²) in [6, 6.07) is 23.3. The van der Waals surface area contributed by atoms with Gasteiger partial charge in [-0.3, -0.25) is 13.9 Å². The normalized spacial score (nSPS) is 13.1. The third-order valence-electron chi connectivity index (χ3n) is 6.69. The Bertz CT molecular complexity index is 1430. The first-order valence-electron chi connectivity index (χ1n) is 13.7. The second-order valence-corrected chi connectivity index (χ2v) is 12.3. The summed E-state index contributed by atoms with van der Waals surface area (Å²) >= 11 is 0. The van der Waals surface area contributed by atoms with Crippen LogP contribution in [0.4, 0.5) is 5.69 Å². The van der Waals surface area contributed by atoms with Crippen LogP contribution in [0.5, 0.6) is 11.5 Å². The molecule has 0 fully saturated rings. The van der Waals surface area contributed by atoms with E-state index in [2.05, 4.69) is 5.32 Å². The van der Waals surface area contributed by atoms with Gasteiger partial charge in [0.15, 0.2) is 11.5 Å². The van der Waals surface area contributed by atoms with Crippen molar-refractivity contribution in [1.82, 2.24) is 10.2 Å². The standard InChI is InChI=1S/C31H37N3O6S/c1-23(2)32-31(36)27(19-24-11-6-4-7-12-24)33(21-25-13-8-5-9-14-25)30(35)15-10-18-34(41(3,37)38)26-16-17-28-29(20-26)40-22-39-28/h4-9,11-14,16-17,20,23,27H,10,15,18-19,21-22H2,1-3H3,(H,32,36)/t27-/m0/s1. The van der Waals surface area contributed by atoms with Crippen molar-refractivity contribution in [1.29, 1.82) is 0 Å². The summed E-state index contributed by atoms with van der Waals surface area (Å²) < 4.78 is 37.4. The van der Waals surface area contributed by atoms with Gasteiger partial charge in [-0.05, 0) is 43.5 Å². The van der Waals surface area contributed by atoms with Crippen LogP contribution in [0.3, 0.4) is 0 Å². The third-order valence-corrected chi connectivity index (χ3v) is 7.89. The van der Waals surface area contributed by atoms with Gasteiger partial charge in [0.05, 0.1) is 11.9 Å². The van der Waals surface area contributed by atoms with E-state index < -0.39 is 16.1 Å². The molecule has 3 aromatic rings. The summed E-state index contributed by atoms with van der Waals surface area (Å²) in [5.74, 6) is 0.568. The van der Waals surface area contributed by atoms with Crippen molar-refractivity contribution in [2.45, 2.75) is 51.7 Å². The van der Waals surface area contributed by atoms with E-state index in [9.17, 15) is 18.0 Å². The van der Waals surface area contributed by atoms with E-state index in [1.807, 2.05) is 74.5 Å². The van der Waals surface area contributed by atoms with Crippen LogP contribution in [-0.2, 0) is 32.6 Å². The molecule has 4 rings (SSSR count). The molecule has 10 heteroatoms. The molecule has 218 valence electrons. The maximum absolute atomic E-state index is 13.8. The van der Waals surface area contributed by atoms with Crippen molar-refractivity contribution in [2.75, 3.05) is 23.9 Å². The Balaban J connectivity index is 1.55. The molecule has 0 aliphatic carbocycles. The highest BCUT2D eigenvalue weighted by atomic mass is 32.2. The van der Waals surface area contributed by atoms with Crippen LogP contribution < -0.4 is 19.1 Å². The fourth-order valence-electron chi connectivity index (χ4n) is 4.76. The van der Waals surface area contributed by atoms with E-state index in [0.29, 0.717) is 23.6 Å². The average molecular weight is 580 g/mol. The molecule has 0 bridgehead atoms. The molecular weight excluding hydrogens is 542 g/mol. The molecular formula is C31H37N3O6S. The molecule has 41 heavy (non-hydrogen) atoms. The van der Waals surface area contributed by atoms with Gasteiger partial charge in [-0.1, -0.05) is 60.7 Å². The number of amides is 2. The van der Waals surface area contributed by atoms with E-state index in [1.165, 1.54) is 4.31 Å². The Morgan fingerprint density at radius 1 is 0.902 bits per heavy atom. The predicted molar refractivity (Wildman–Crippen MR) is 158 cm³/mol. The van der Waals surface area contributed by atoms with Crippen LogP contribution in [0.15, 0.2) is 78.9 Å². The van der Waals surface area contributed by atoms with Crippen LogP contribution >= 0.6 is 0 Å². The number of rotatable bonds is 13. The third kappa shape index (κ3) is 8.23. The molecule has 0 saturated heterocycles. The molecule has 1 aliphatic rings. The van der Waals surface area contributed by atoms with E-state index in [0.717, 1.165) is 17.4 Å². The molecule has 2 amide bonds. The number of nitrogens with zero attached hydrogens (tertiary/aromatic N) is 2. The zero-order chi connectivity index (χ0) is 29.4. The van der Waals surface area contributed by atoms with Crippen LogP contribution in [0, 0.1) is 0 Å². The molecule has 0 saturated carbocycles. The molecule has 3 aromatic carbocycles. The number of nitrogens with one attached hydrogen (secondary N) is 1. The summed E-state index contributed by atoms with van der Waals surface area (Å²) in [6.45, 7) is 4.19. The van der Waals surface area contributed by atoms with Crippen molar-refractivity contribution in [3.63, 3.8) is 0 Å². The lowest BCUT2D eigenvalue weighted by atomic mass is 10.0. The lowest BCUT2D eigenvalue weighted by Crippen LogP contribution is -2.51. The summed E-state index contributed by atoms with van der Waals surface area (Å²) in [6.07, 6.45) is 1.80. The Morgan fingerprint density at radius 2 is 1.54 bits per heavy atom. The maximum atomic E-state index is 13.8. The number of anilines is 1. The van der Waals surface area contributed by atoms with Crippen molar-refractivity contribution in [3.05, 3.63) is 90.0 Å². The molecule has 1 N–H and O–H groups in total. The van der Waals surface area contributed by atoms with Crippen molar-refractivity contribution < 1.29 is 27.5 Å². The van der Waals surface area contributed by atoms with Gasteiger partial charge in [-0.2, -0.15) is 0 Å². The summed E-state index contributed by atoms with van der Waals surface area (Å²) in [7, 11) is -3.64. The van der Waals surface area contributed by atoms with Gasteiger partial charge in [-0.25, -0.2) is 8.42 Å². The average Bonchev–Trinajstić information content (AvgIpc) is 3.41. The molecule has 0 unspecified atom stereocenters. The topological polar surface area (TPSA) is 105 Å². The predicted octanol–water partition coefficient (Wildman–Crippen LogP) is 4.13. The van der Waals surface area contributed by atoms with Crippen LogP contribution in [0.25, 0.3) is 0 Å². The van der Waals surface area contributed by atoms with Crippen molar-refractivity contribution in [2.24, 2.45) is 0 Å². The quantitative estimate of drug-likeness (QED) is 0.327. The van der Waals surface area contributed by atoms with Gasteiger partial charge >= 0.3 is 0 Å². The number of ether oxygens (including phenoxy) is 2. The van der Waals surface area contributed by atoms with Gasteiger partial charge in [0.1, 0.15) is 6.04 Å². The molecule has 9 nitrogen and oxygen atoms in total. The minimum Gasteiger partial charge on any atom is -0.454 e. The first kappa shape index (κ1) is 29.9. The van der Waals surface area contributed by atoms with Crippen LogP contribution in [-0.4, -0.2) is 56.8 Å². The van der Waals surface area contributed by atoms with Gasteiger partial charge in [0, 0.05) is 38.0 Å². The van der Waals surface area contributed by atoms with Gasteiger partial charge in [-0.15, -0.1) is 0 Å². The van der Waals surface area contributed by atoms with Gasteiger partial charge in [0.2, 0.25) is 28.6 Å². The summed E-state index contributed by atoms with van der Waals surface area (Å²) in [5.41, 5.74) is 2.27. The van der Waals surface area contributed by atoms with Gasteiger partial charge < -0.3 is 19.7 Å². The second kappa shape index (κ2) is 13.5. The molecule has 0 aromatic heterocycles. The highest BCUT2D eigenvalue weighted by molar-refractivity contribution is 7.92. The first-order chi connectivity index (χ1) is 19.6. The highest BCUT2D eigenvalue weighted by Crippen LogP contribution is 2.36. The molecule has 1 atom stereocenters. The second-order valence-electron chi connectivity index (χ2n) is 10.4. The molecule has 0 spiro atoms. The highest BCUT2D eigenvalue weighted by Gasteiger charge is 2.31. The number of hydrogen-bond acceptors (Lipinski definition) is 6. The monoisotopic (exact) mass is 579 g/mol.